The first-order valence-electron chi connectivity index (χ1n) is 8.91. The number of hydrogen-bond donors (Lipinski definition) is 1. The maximum absolute atomic E-state index is 11.7. The van der Waals surface area contributed by atoms with Gasteiger partial charge in [0, 0.05) is 38.5 Å². The number of thiazole rings is 1. The third-order valence-corrected chi connectivity index (χ3v) is 5.24. The van der Waals surface area contributed by atoms with Crippen molar-refractivity contribution in [3.05, 3.63) is 16.1 Å². The lowest BCUT2D eigenvalue weighted by molar-refractivity contribution is -0.192. The normalized spacial score (nSPS) is 23.3. The third kappa shape index (κ3) is 7.21. The van der Waals surface area contributed by atoms with Gasteiger partial charge in [0.15, 0.2) is 0 Å². The van der Waals surface area contributed by atoms with Gasteiger partial charge in [0.25, 0.3) is 0 Å². The maximum atomic E-state index is 11.7. The number of amides is 1. The topological polar surface area (TPSA) is 92.2 Å². The molecule has 1 N–H and O–H groups in total. The van der Waals surface area contributed by atoms with E-state index in [2.05, 4.69) is 15.3 Å². The molecule has 1 spiro atoms. The molecule has 1 amide bonds. The van der Waals surface area contributed by atoms with E-state index in [0.29, 0.717) is 32.9 Å². The smallest absolute Gasteiger partial charge is 0.475 e. The second kappa shape index (κ2) is 9.83. The number of aromatic nitrogens is 1. The van der Waals surface area contributed by atoms with E-state index >= 15 is 0 Å². The fourth-order valence-corrected chi connectivity index (χ4v) is 3.73. The van der Waals surface area contributed by atoms with Gasteiger partial charge in [-0.2, -0.15) is 13.2 Å². The zero-order valence-electron chi connectivity index (χ0n) is 16.2. The van der Waals surface area contributed by atoms with E-state index in [1.807, 2.05) is 11.8 Å². The van der Waals surface area contributed by atoms with Crippen LogP contribution in [-0.4, -0.2) is 89.5 Å². The molecule has 0 radical (unpaired) electrons. The molecule has 2 fully saturated rings. The number of carbonyl (C=O) groups is 2. The molecule has 0 bridgehead atoms. The first-order valence-corrected chi connectivity index (χ1v) is 9.79. The van der Waals surface area contributed by atoms with Crippen molar-refractivity contribution in [3.63, 3.8) is 0 Å². The van der Waals surface area contributed by atoms with E-state index < -0.39 is 17.7 Å². The highest BCUT2D eigenvalue weighted by Gasteiger charge is 2.41. The minimum Gasteiger partial charge on any atom is -0.475 e. The fourth-order valence-electron chi connectivity index (χ4n) is 3.13. The number of morpholine rings is 1. The number of nitrogens with zero attached hydrogens (tertiary/aromatic N) is 3. The number of aryl methyl sites for hydroxylation is 1. The highest BCUT2D eigenvalue weighted by Crippen LogP contribution is 2.24. The van der Waals surface area contributed by atoms with Gasteiger partial charge in [-0.05, 0) is 6.92 Å². The van der Waals surface area contributed by atoms with Crippen LogP contribution in [-0.2, 0) is 25.6 Å². The Hall–Kier alpha value is -1.76. The van der Waals surface area contributed by atoms with Crippen LogP contribution in [0.15, 0.2) is 5.38 Å². The molecule has 1 aromatic heterocycles. The molecule has 1 unspecified atom stereocenters. The average Bonchev–Trinajstić information content (AvgIpc) is 2.91. The van der Waals surface area contributed by atoms with Gasteiger partial charge in [-0.1, -0.05) is 0 Å². The molecule has 2 aliphatic heterocycles. The average molecular weight is 439 g/mol. The number of rotatable bonds is 2. The van der Waals surface area contributed by atoms with Crippen molar-refractivity contribution in [2.75, 3.05) is 46.0 Å². The maximum Gasteiger partial charge on any atom is 0.490 e. The van der Waals surface area contributed by atoms with Gasteiger partial charge in [-0.15, -0.1) is 11.3 Å². The van der Waals surface area contributed by atoms with Gasteiger partial charge in [0.1, 0.15) is 5.60 Å². The minimum atomic E-state index is -5.08. The van der Waals surface area contributed by atoms with Gasteiger partial charge >= 0.3 is 12.1 Å². The van der Waals surface area contributed by atoms with Crippen molar-refractivity contribution >= 4 is 23.2 Å². The second-order valence-corrected chi connectivity index (χ2v) is 7.96. The summed E-state index contributed by atoms with van der Waals surface area (Å²) in [5.74, 6) is -2.67. The standard InChI is InChI=1S/C15H23N3O3S.C2HF3O2/c1-12-16-14(8-22-12)7-17-3-6-21-15(9-17)10-18(13(2)19)4-5-20-11-15;3-2(4,5)1(6)7/h8H,3-7,9-11H2,1-2H3;(H,6,7). The van der Waals surface area contributed by atoms with Gasteiger partial charge < -0.3 is 19.5 Å². The van der Waals surface area contributed by atoms with Crippen LogP contribution < -0.4 is 0 Å². The predicted octanol–water partition coefficient (Wildman–Crippen LogP) is 1.53. The first-order chi connectivity index (χ1) is 13.5. The van der Waals surface area contributed by atoms with Crippen LogP contribution in [0.25, 0.3) is 0 Å². The SMILES string of the molecule is CC(=O)N1CCOCC2(CN(Cc3csc(C)n3)CCO2)C1.O=C(O)C(F)(F)F. The Morgan fingerprint density at radius 3 is 2.55 bits per heavy atom. The molecule has 2 aliphatic rings. The molecule has 29 heavy (non-hydrogen) atoms. The Morgan fingerprint density at radius 1 is 1.31 bits per heavy atom. The van der Waals surface area contributed by atoms with E-state index in [9.17, 15) is 18.0 Å². The summed E-state index contributed by atoms with van der Waals surface area (Å²) in [6, 6.07) is 0. The largest absolute Gasteiger partial charge is 0.490 e. The summed E-state index contributed by atoms with van der Waals surface area (Å²) in [6.45, 7) is 9.16. The Bertz CT molecular complexity index is 715. The summed E-state index contributed by atoms with van der Waals surface area (Å²) in [5.41, 5.74) is 0.698. The van der Waals surface area contributed by atoms with E-state index in [1.54, 1.807) is 18.3 Å². The lowest BCUT2D eigenvalue weighted by atomic mass is 10.0. The molecule has 0 saturated carbocycles. The van der Waals surface area contributed by atoms with Crippen LogP contribution in [0.5, 0.6) is 0 Å². The second-order valence-electron chi connectivity index (χ2n) is 6.90. The Kier molecular flexibility index (Phi) is 7.97. The van der Waals surface area contributed by atoms with Crippen molar-refractivity contribution < 1.29 is 37.3 Å². The molecule has 1 atom stereocenters. The number of halogens is 3. The number of alkyl halides is 3. The van der Waals surface area contributed by atoms with E-state index in [1.165, 1.54) is 0 Å². The van der Waals surface area contributed by atoms with Crippen LogP contribution in [0.3, 0.4) is 0 Å². The summed E-state index contributed by atoms with van der Waals surface area (Å²) in [7, 11) is 0. The fraction of sp³-hybridized carbons (Fsp3) is 0.706. The Morgan fingerprint density at radius 2 is 2.00 bits per heavy atom. The summed E-state index contributed by atoms with van der Waals surface area (Å²) in [5, 5.41) is 10.3. The van der Waals surface area contributed by atoms with Gasteiger partial charge in [-0.25, -0.2) is 9.78 Å². The van der Waals surface area contributed by atoms with Gasteiger partial charge in [0.2, 0.25) is 5.91 Å². The van der Waals surface area contributed by atoms with E-state index in [0.717, 1.165) is 30.3 Å². The zero-order valence-corrected chi connectivity index (χ0v) is 17.0. The van der Waals surface area contributed by atoms with Gasteiger partial charge in [-0.3, -0.25) is 9.69 Å². The molecule has 3 rings (SSSR count). The first kappa shape index (κ1) is 23.5. The molecule has 2 saturated heterocycles. The molecule has 0 aromatic carbocycles. The molecule has 0 aliphatic carbocycles. The monoisotopic (exact) mass is 439 g/mol. The van der Waals surface area contributed by atoms with Crippen molar-refractivity contribution in [1.82, 2.24) is 14.8 Å². The summed E-state index contributed by atoms with van der Waals surface area (Å²) in [4.78, 5) is 29.4. The molecule has 164 valence electrons. The molecular weight excluding hydrogens is 415 g/mol. The lowest BCUT2D eigenvalue weighted by Crippen LogP contribution is -2.58. The van der Waals surface area contributed by atoms with E-state index in [4.69, 9.17) is 19.4 Å². The highest BCUT2D eigenvalue weighted by atomic mass is 32.1. The molecule has 8 nitrogen and oxygen atoms in total. The van der Waals surface area contributed by atoms with Crippen LogP contribution in [0.1, 0.15) is 17.6 Å². The number of carbonyl (C=O) groups excluding carboxylic acids is 1. The van der Waals surface area contributed by atoms with Crippen molar-refractivity contribution in [2.45, 2.75) is 32.2 Å². The number of ether oxygens (including phenoxy) is 2. The van der Waals surface area contributed by atoms with Crippen molar-refractivity contribution in [1.29, 1.82) is 0 Å². The molecular formula is C17H24F3N3O5S. The Labute approximate surface area is 170 Å². The number of aliphatic carboxylic acids is 1. The predicted molar refractivity (Wildman–Crippen MR) is 97.6 cm³/mol. The quantitative estimate of drug-likeness (QED) is 0.747. The third-order valence-electron chi connectivity index (χ3n) is 4.42. The van der Waals surface area contributed by atoms with Crippen molar-refractivity contribution in [2.24, 2.45) is 0 Å². The summed E-state index contributed by atoms with van der Waals surface area (Å²) < 4.78 is 43.5. The highest BCUT2D eigenvalue weighted by molar-refractivity contribution is 7.09. The minimum absolute atomic E-state index is 0.0840. The summed E-state index contributed by atoms with van der Waals surface area (Å²) in [6.07, 6.45) is -5.08. The van der Waals surface area contributed by atoms with Crippen molar-refractivity contribution in [3.8, 4) is 0 Å². The molecule has 12 heteroatoms. The van der Waals surface area contributed by atoms with Crippen LogP contribution in [0.4, 0.5) is 13.2 Å². The van der Waals surface area contributed by atoms with Crippen LogP contribution in [0, 0.1) is 6.92 Å². The summed E-state index contributed by atoms with van der Waals surface area (Å²) >= 11 is 1.68. The Balaban J connectivity index is 0.000000370. The number of hydrogen-bond acceptors (Lipinski definition) is 7. The molecule has 1 aromatic rings. The van der Waals surface area contributed by atoms with Gasteiger partial charge in [0.05, 0.1) is 37.1 Å². The van der Waals surface area contributed by atoms with Crippen LogP contribution >= 0.6 is 11.3 Å². The zero-order chi connectivity index (χ0) is 21.7. The lowest BCUT2D eigenvalue weighted by Gasteiger charge is -2.43. The van der Waals surface area contributed by atoms with E-state index in [-0.39, 0.29) is 5.91 Å². The number of carboxylic acid groups (broad SMARTS) is 1. The van der Waals surface area contributed by atoms with Crippen LogP contribution in [0.2, 0.25) is 0 Å². The molecule has 3 heterocycles. The number of carboxylic acids is 1.